The Balaban J connectivity index is 4.60. The van der Waals surface area contributed by atoms with Gasteiger partial charge in [-0.25, -0.2) is 8.42 Å². The molecule has 0 fully saturated rings. The van der Waals surface area contributed by atoms with E-state index in [1.165, 1.54) is 13.0 Å². The second-order valence-electron chi connectivity index (χ2n) is 2.38. The van der Waals surface area contributed by atoms with Crippen LogP contribution in [0, 0.1) is 0 Å². The van der Waals surface area contributed by atoms with Gasteiger partial charge < -0.3 is 5.11 Å². The molecule has 0 saturated carbocycles. The quantitative estimate of drug-likeness (QED) is 0.618. The topological polar surface area (TPSA) is 74.7 Å². The van der Waals surface area contributed by atoms with Crippen molar-refractivity contribution in [1.82, 2.24) is 4.31 Å². The molecule has 0 aliphatic rings. The van der Waals surface area contributed by atoms with Crippen LogP contribution in [0.2, 0.25) is 0 Å². The number of rotatable bonds is 6. The van der Waals surface area contributed by atoms with Gasteiger partial charge in [-0.1, -0.05) is 6.08 Å². The van der Waals surface area contributed by atoms with Crippen LogP contribution < -0.4 is 0 Å². The minimum Gasteiger partial charge on any atom is -0.480 e. The molecule has 0 saturated heterocycles. The minimum absolute atomic E-state index is 0.0302. The highest BCUT2D eigenvalue weighted by Gasteiger charge is 2.20. The highest BCUT2D eigenvalue weighted by Crippen LogP contribution is 2.00. The normalized spacial score (nSPS) is 11.5. The molecule has 0 aromatic rings. The van der Waals surface area contributed by atoms with E-state index in [9.17, 15) is 13.2 Å². The van der Waals surface area contributed by atoms with E-state index in [1.54, 1.807) is 0 Å². The first-order valence-electron chi connectivity index (χ1n) is 3.74. The molecule has 0 radical (unpaired) electrons. The van der Waals surface area contributed by atoms with Crippen molar-refractivity contribution in [2.24, 2.45) is 0 Å². The molecule has 0 unspecified atom stereocenters. The minimum atomic E-state index is -3.44. The van der Waals surface area contributed by atoms with E-state index in [0.29, 0.717) is 0 Å². The highest BCUT2D eigenvalue weighted by molar-refractivity contribution is 7.89. The Kier molecular flexibility index (Phi) is 4.64. The molecular weight excluding hydrogens is 194 g/mol. The van der Waals surface area contributed by atoms with Gasteiger partial charge in [0.05, 0.1) is 5.75 Å². The van der Waals surface area contributed by atoms with Crippen LogP contribution in [0.4, 0.5) is 0 Å². The lowest BCUT2D eigenvalue weighted by molar-refractivity contribution is -0.137. The van der Waals surface area contributed by atoms with Crippen molar-refractivity contribution < 1.29 is 18.3 Å². The number of carboxylic acids is 1. The Hall–Kier alpha value is -0.880. The van der Waals surface area contributed by atoms with E-state index in [-0.39, 0.29) is 12.3 Å². The standard InChI is InChI=1S/C7H13NO4S/c1-3-5-8(6-7(9)10)13(11,12)4-2/h3H,1,4-6H2,2H3,(H,9,10). The van der Waals surface area contributed by atoms with Crippen molar-refractivity contribution in [3.8, 4) is 0 Å². The first-order chi connectivity index (χ1) is 5.94. The number of nitrogens with zero attached hydrogens (tertiary/aromatic N) is 1. The fourth-order valence-corrected chi connectivity index (χ4v) is 1.76. The summed E-state index contributed by atoms with van der Waals surface area (Å²) in [6.07, 6.45) is 1.36. The van der Waals surface area contributed by atoms with Crippen molar-refractivity contribution in [3.05, 3.63) is 12.7 Å². The van der Waals surface area contributed by atoms with Gasteiger partial charge in [0, 0.05) is 6.54 Å². The third kappa shape index (κ3) is 4.05. The fourth-order valence-electron chi connectivity index (χ4n) is 0.754. The molecule has 1 N–H and O–H groups in total. The van der Waals surface area contributed by atoms with E-state index in [2.05, 4.69) is 6.58 Å². The number of aliphatic carboxylic acids is 1. The Morgan fingerprint density at radius 2 is 2.15 bits per heavy atom. The second-order valence-corrected chi connectivity index (χ2v) is 4.63. The van der Waals surface area contributed by atoms with Gasteiger partial charge >= 0.3 is 5.97 Å². The van der Waals surface area contributed by atoms with Gasteiger partial charge in [-0.05, 0) is 6.92 Å². The maximum atomic E-state index is 11.2. The van der Waals surface area contributed by atoms with Crippen molar-refractivity contribution >= 4 is 16.0 Å². The van der Waals surface area contributed by atoms with Crippen molar-refractivity contribution in [3.63, 3.8) is 0 Å². The molecule has 0 aliphatic carbocycles. The van der Waals surface area contributed by atoms with E-state index in [4.69, 9.17) is 5.11 Å². The molecule has 0 aromatic carbocycles. The average Bonchev–Trinajstić information content (AvgIpc) is 2.03. The number of hydrogen-bond acceptors (Lipinski definition) is 3. The highest BCUT2D eigenvalue weighted by atomic mass is 32.2. The third-order valence-corrected chi connectivity index (χ3v) is 3.20. The van der Waals surface area contributed by atoms with Crippen LogP contribution >= 0.6 is 0 Å². The lowest BCUT2D eigenvalue weighted by Gasteiger charge is -2.16. The summed E-state index contributed by atoms with van der Waals surface area (Å²) < 4.78 is 23.4. The van der Waals surface area contributed by atoms with Gasteiger partial charge in [0.15, 0.2) is 0 Å². The summed E-state index contributed by atoms with van der Waals surface area (Å²) in [5, 5.41) is 8.43. The van der Waals surface area contributed by atoms with Crippen LogP contribution in [0.1, 0.15) is 6.92 Å². The Labute approximate surface area is 77.7 Å². The molecule has 0 bridgehead atoms. The van der Waals surface area contributed by atoms with Gasteiger partial charge in [-0.15, -0.1) is 6.58 Å². The Bertz CT molecular complexity index is 283. The predicted molar refractivity (Wildman–Crippen MR) is 48.9 cm³/mol. The van der Waals surface area contributed by atoms with E-state index >= 15 is 0 Å². The van der Waals surface area contributed by atoms with Crippen LogP contribution in [0.5, 0.6) is 0 Å². The van der Waals surface area contributed by atoms with Crippen LogP contribution in [0.15, 0.2) is 12.7 Å². The maximum Gasteiger partial charge on any atom is 0.318 e. The SMILES string of the molecule is C=CCN(CC(=O)O)S(=O)(=O)CC. The molecule has 0 aliphatic heterocycles. The van der Waals surface area contributed by atoms with Crippen LogP contribution in [0.25, 0.3) is 0 Å². The van der Waals surface area contributed by atoms with Crippen LogP contribution in [0.3, 0.4) is 0 Å². The number of carboxylic acid groups (broad SMARTS) is 1. The summed E-state index contributed by atoms with van der Waals surface area (Å²) >= 11 is 0. The number of carbonyl (C=O) groups is 1. The lowest BCUT2D eigenvalue weighted by Crippen LogP contribution is -2.36. The number of sulfonamides is 1. The zero-order valence-corrected chi connectivity index (χ0v) is 8.25. The van der Waals surface area contributed by atoms with Crippen LogP contribution in [-0.2, 0) is 14.8 Å². The summed E-state index contributed by atoms with van der Waals surface area (Å²) in [4.78, 5) is 10.3. The summed E-state index contributed by atoms with van der Waals surface area (Å²) in [7, 11) is -3.44. The molecule has 0 heterocycles. The molecule has 6 heteroatoms. The van der Waals surface area contributed by atoms with E-state index in [0.717, 1.165) is 4.31 Å². The second kappa shape index (κ2) is 4.98. The molecule has 76 valence electrons. The van der Waals surface area contributed by atoms with E-state index < -0.39 is 22.5 Å². The fraction of sp³-hybridized carbons (Fsp3) is 0.571. The molecule has 0 spiro atoms. The Morgan fingerprint density at radius 3 is 2.46 bits per heavy atom. The van der Waals surface area contributed by atoms with Gasteiger partial charge in [-0.3, -0.25) is 4.79 Å². The first-order valence-corrected chi connectivity index (χ1v) is 5.35. The molecule has 5 nitrogen and oxygen atoms in total. The monoisotopic (exact) mass is 207 g/mol. The smallest absolute Gasteiger partial charge is 0.318 e. The predicted octanol–water partition coefficient (Wildman–Crippen LogP) is -0.0913. The molecule has 13 heavy (non-hydrogen) atoms. The average molecular weight is 207 g/mol. The van der Waals surface area contributed by atoms with Crippen LogP contribution in [-0.4, -0.2) is 42.6 Å². The Morgan fingerprint density at radius 1 is 1.62 bits per heavy atom. The number of hydrogen-bond donors (Lipinski definition) is 1. The van der Waals surface area contributed by atoms with Gasteiger partial charge in [-0.2, -0.15) is 4.31 Å². The summed E-state index contributed by atoms with van der Waals surface area (Å²) in [6.45, 7) is 4.34. The van der Waals surface area contributed by atoms with Crippen molar-refractivity contribution in [1.29, 1.82) is 0 Å². The molecular formula is C7H13NO4S. The molecule has 0 atom stereocenters. The lowest BCUT2D eigenvalue weighted by atomic mass is 10.6. The van der Waals surface area contributed by atoms with E-state index in [1.807, 2.05) is 0 Å². The molecule has 0 amide bonds. The third-order valence-electron chi connectivity index (χ3n) is 1.40. The van der Waals surface area contributed by atoms with Crippen molar-refractivity contribution in [2.45, 2.75) is 6.92 Å². The zero-order valence-electron chi connectivity index (χ0n) is 7.43. The zero-order chi connectivity index (χ0) is 10.5. The molecule has 0 rings (SSSR count). The summed E-state index contributed by atoms with van der Waals surface area (Å²) in [5.41, 5.74) is 0. The summed E-state index contributed by atoms with van der Waals surface area (Å²) in [5.74, 6) is -1.27. The van der Waals surface area contributed by atoms with Gasteiger partial charge in [0.1, 0.15) is 6.54 Å². The van der Waals surface area contributed by atoms with Gasteiger partial charge in [0.2, 0.25) is 10.0 Å². The van der Waals surface area contributed by atoms with Gasteiger partial charge in [0.25, 0.3) is 0 Å². The van der Waals surface area contributed by atoms with Crippen molar-refractivity contribution in [2.75, 3.05) is 18.8 Å². The maximum absolute atomic E-state index is 11.2. The largest absolute Gasteiger partial charge is 0.480 e. The first kappa shape index (κ1) is 12.1. The summed E-state index contributed by atoms with van der Waals surface area (Å²) in [6, 6.07) is 0. The molecule has 0 aromatic heterocycles.